The van der Waals surface area contributed by atoms with Gasteiger partial charge >= 0.3 is 0 Å². The Morgan fingerprint density at radius 3 is 2.55 bits per heavy atom. The number of amides is 1. The van der Waals surface area contributed by atoms with Gasteiger partial charge in [-0.1, -0.05) is 53.8 Å². The van der Waals surface area contributed by atoms with Crippen molar-refractivity contribution in [3.05, 3.63) is 95.8 Å². The third-order valence-electron chi connectivity index (χ3n) is 4.56. The monoisotopic (exact) mass is 430 g/mol. The number of carbonyl (C=O) groups is 1. The molecule has 4 rings (SSSR count). The summed E-state index contributed by atoms with van der Waals surface area (Å²) in [6.45, 7) is 6.87. The SMILES string of the molecule is C=CCn1c(=NC(=O)c2ccccc2Oc2ccccc2)sc2cccc(OCC)c21. The summed E-state index contributed by atoms with van der Waals surface area (Å²) < 4.78 is 14.7. The van der Waals surface area contributed by atoms with E-state index in [1.54, 1.807) is 24.3 Å². The maximum Gasteiger partial charge on any atom is 0.283 e. The molecule has 6 heteroatoms. The number of aromatic nitrogens is 1. The van der Waals surface area contributed by atoms with Crippen molar-refractivity contribution < 1.29 is 14.3 Å². The number of hydrogen-bond donors (Lipinski definition) is 0. The van der Waals surface area contributed by atoms with Crippen molar-refractivity contribution >= 4 is 27.5 Å². The molecular weight excluding hydrogens is 408 g/mol. The maximum absolute atomic E-state index is 13.2. The third-order valence-corrected chi connectivity index (χ3v) is 5.60. The summed E-state index contributed by atoms with van der Waals surface area (Å²) in [5.41, 5.74) is 1.31. The first-order valence-electron chi connectivity index (χ1n) is 9.98. The van der Waals surface area contributed by atoms with E-state index in [0.717, 1.165) is 16.0 Å². The van der Waals surface area contributed by atoms with Crippen LogP contribution in [0, 0.1) is 0 Å². The molecular formula is C25H22N2O3S. The lowest BCUT2D eigenvalue weighted by molar-refractivity contribution is 0.0995. The fourth-order valence-electron chi connectivity index (χ4n) is 3.25. The second-order valence-electron chi connectivity index (χ2n) is 6.65. The molecule has 0 bridgehead atoms. The highest BCUT2D eigenvalue weighted by Gasteiger charge is 2.15. The molecule has 0 radical (unpaired) electrons. The Labute approximate surface area is 184 Å². The van der Waals surface area contributed by atoms with Gasteiger partial charge in [0, 0.05) is 6.54 Å². The smallest absolute Gasteiger partial charge is 0.283 e. The number of rotatable bonds is 7. The Morgan fingerprint density at radius 1 is 1.03 bits per heavy atom. The lowest BCUT2D eigenvalue weighted by atomic mass is 10.2. The first kappa shape index (κ1) is 20.6. The van der Waals surface area contributed by atoms with Gasteiger partial charge in [0.25, 0.3) is 5.91 Å². The molecule has 0 aliphatic rings. The molecule has 156 valence electrons. The van der Waals surface area contributed by atoms with Crippen LogP contribution in [-0.2, 0) is 6.54 Å². The zero-order valence-corrected chi connectivity index (χ0v) is 18.0. The molecule has 5 nitrogen and oxygen atoms in total. The van der Waals surface area contributed by atoms with E-state index in [1.807, 2.05) is 66.1 Å². The van der Waals surface area contributed by atoms with E-state index in [4.69, 9.17) is 9.47 Å². The quantitative estimate of drug-likeness (QED) is 0.347. The predicted octanol–water partition coefficient (Wildman–Crippen LogP) is 5.82. The Morgan fingerprint density at radius 2 is 1.77 bits per heavy atom. The molecule has 1 heterocycles. The molecule has 0 aliphatic carbocycles. The number of ether oxygens (including phenoxy) is 2. The maximum atomic E-state index is 13.2. The molecule has 3 aromatic carbocycles. The highest BCUT2D eigenvalue weighted by molar-refractivity contribution is 7.16. The number of benzene rings is 3. The van der Waals surface area contributed by atoms with Crippen LogP contribution < -0.4 is 14.3 Å². The third kappa shape index (κ3) is 4.44. The lowest BCUT2D eigenvalue weighted by Gasteiger charge is -2.09. The Kier molecular flexibility index (Phi) is 6.29. The van der Waals surface area contributed by atoms with Gasteiger partial charge in [-0.25, -0.2) is 0 Å². The van der Waals surface area contributed by atoms with Gasteiger partial charge in [-0.2, -0.15) is 4.99 Å². The lowest BCUT2D eigenvalue weighted by Crippen LogP contribution is -2.17. The van der Waals surface area contributed by atoms with Crippen LogP contribution in [-0.4, -0.2) is 17.1 Å². The molecule has 0 atom stereocenters. The zero-order valence-electron chi connectivity index (χ0n) is 17.2. The van der Waals surface area contributed by atoms with Gasteiger partial charge in [0.05, 0.1) is 16.9 Å². The highest BCUT2D eigenvalue weighted by atomic mass is 32.1. The largest absolute Gasteiger partial charge is 0.492 e. The van der Waals surface area contributed by atoms with E-state index < -0.39 is 0 Å². The summed E-state index contributed by atoms with van der Waals surface area (Å²) in [4.78, 5) is 18.2. The second kappa shape index (κ2) is 9.45. The van der Waals surface area contributed by atoms with Gasteiger partial charge in [0.15, 0.2) is 4.80 Å². The molecule has 0 N–H and O–H groups in total. The number of fused-ring (bicyclic) bond motifs is 1. The van der Waals surface area contributed by atoms with Crippen LogP contribution in [0.2, 0.25) is 0 Å². The summed E-state index contributed by atoms with van der Waals surface area (Å²) in [7, 11) is 0. The standard InChI is InChI=1S/C25H22N2O3S/c1-3-17-27-23-21(29-4-2)15-10-16-22(23)31-25(27)26-24(28)19-13-8-9-14-20(19)30-18-11-6-5-7-12-18/h3,5-16H,1,4,17H2,2H3. The van der Waals surface area contributed by atoms with E-state index in [-0.39, 0.29) is 5.91 Å². The predicted molar refractivity (Wildman–Crippen MR) is 124 cm³/mol. The van der Waals surface area contributed by atoms with Crippen LogP contribution in [0.4, 0.5) is 0 Å². The number of allylic oxidation sites excluding steroid dienone is 1. The number of hydrogen-bond acceptors (Lipinski definition) is 4. The van der Waals surface area contributed by atoms with Crippen molar-refractivity contribution in [3.8, 4) is 17.2 Å². The molecule has 0 aliphatic heterocycles. The van der Waals surface area contributed by atoms with Crippen LogP contribution in [0.15, 0.2) is 90.4 Å². The molecule has 0 saturated heterocycles. The van der Waals surface area contributed by atoms with Crippen molar-refractivity contribution in [2.75, 3.05) is 6.61 Å². The van der Waals surface area contributed by atoms with Gasteiger partial charge in [-0.15, -0.1) is 6.58 Å². The topological polar surface area (TPSA) is 52.8 Å². The Balaban J connectivity index is 1.79. The molecule has 31 heavy (non-hydrogen) atoms. The number of carbonyl (C=O) groups excluding carboxylic acids is 1. The summed E-state index contributed by atoms with van der Waals surface area (Å²) in [5, 5.41) is 0. The molecule has 0 saturated carbocycles. The zero-order chi connectivity index (χ0) is 21.6. The molecule has 0 fully saturated rings. The summed E-state index contributed by atoms with van der Waals surface area (Å²) in [6, 6.07) is 22.4. The molecule has 1 aromatic heterocycles. The van der Waals surface area contributed by atoms with E-state index in [2.05, 4.69) is 11.6 Å². The highest BCUT2D eigenvalue weighted by Crippen LogP contribution is 2.28. The van der Waals surface area contributed by atoms with Crippen molar-refractivity contribution in [2.45, 2.75) is 13.5 Å². The van der Waals surface area contributed by atoms with E-state index >= 15 is 0 Å². The minimum Gasteiger partial charge on any atom is -0.492 e. The fraction of sp³-hybridized carbons (Fsp3) is 0.120. The van der Waals surface area contributed by atoms with Crippen molar-refractivity contribution in [2.24, 2.45) is 4.99 Å². The second-order valence-corrected chi connectivity index (χ2v) is 7.66. The summed E-state index contributed by atoms with van der Waals surface area (Å²) >= 11 is 1.44. The number of thiazole rings is 1. The number of nitrogens with zero attached hydrogens (tertiary/aromatic N) is 2. The van der Waals surface area contributed by atoms with Crippen LogP contribution in [0.1, 0.15) is 17.3 Å². The Bertz CT molecular complexity index is 1290. The molecule has 0 unspecified atom stereocenters. The van der Waals surface area contributed by atoms with Crippen molar-refractivity contribution in [3.63, 3.8) is 0 Å². The van der Waals surface area contributed by atoms with Crippen LogP contribution in [0.25, 0.3) is 10.2 Å². The van der Waals surface area contributed by atoms with Crippen molar-refractivity contribution in [1.29, 1.82) is 0 Å². The molecule has 4 aromatic rings. The van der Waals surface area contributed by atoms with Crippen LogP contribution in [0.3, 0.4) is 0 Å². The van der Waals surface area contributed by atoms with E-state index in [1.165, 1.54) is 11.3 Å². The van der Waals surface area contributed by atoms with Crippen molar-refractivity contribution in [1.82, 2.24) is 4.57 Å². The van der Waals surface area contributed by atoms with Crippen LogP contribution in [0.5, 0.6) is 17.2 Å². The van der Waals surface area contributed by atoms with Gasteiger partial charge in [-0.3, -0.25) is 4.79 Å². The molecule has 0 spiro atoms. The minimum atomic E-state index is -0.367. The fourth-order valence-corrected chi connectivity index (χ4v) is 4.30. The normalized spacial score (nSPS) is 11.5. The average molecular weight is 431 g/mol. The average Bonchev–Trinajstić information content (AvgIpc) is 3.13. The van der Waals surface area contributed by atoms with Crippen LogP contribution >= 0.6 is 11.3 Å². The van der Waals surface area contributed by atoms with E-state index in [9.17, 15) is 4.79 Å². The Hall–Kier alpha value is -3.64. The molecule has 1 amide bonds. The minimum absolute atomic E-state index is 0.367. The van der Waals surface area contributed by atoms with E-state index in [0.29, 0.717) is 35.0 Å². The van der Waals surface area contributed by atoms with Gasteiger partial charge in [0.1, 0.15) is 22.8 Å². The van der Waals surface area contributed by atoms with Gasteiger partial charge in [-0.05, 0) is 43.3 Å². The summed E-state index contributed by atoms with van der Waals surface area (Å²) in [5.74, 6) is 1.52. The van der Waals surface area contributed by atoms with Gasteiger partial charge < -0.3 is 14.0 Å². The first-order valence-corrected chi connectivity index (χ1v) is 10.8. The first-order chi connectivity index (χ1) is 15.2. The summed E-state index contributed by atoms with van der Waals surface area (Å²) in [6.07, 6.45) is 1.78. The number of para-hydroxylation sites is 3. The van der Waals surface area contributed by atoms with Gasteiger partial charge in [0.2, 0.25) is 0 Å².